The zero-order valence-corrected chi connectivity index (χ0v) is 6.01. The molecule has 0 bridgehead atoms. The fourth-order valence-corrected chi connectivity index (χ4v) is 0.885. The summed E-state index contributed by atoms with van der Waals surface area (Å²) in [6.07, 6.45) is -1.98. The van der Waals surface area contributed by atoms with E-state index >= 15 is 0 Å². The Labute approximate surface area is 66.9 Å². The summed E-state index contributed by atoms with van der Waals surface area (Å²) in [5, 5.41) is 8.84. The minimum Gasteiger partial charge on any atom is -0.512 e. The molecule has 1 atom stereocenters. The van der Waals surface area contributed by atoms with E-state index in [4.69, 9.17) is 5.11 Å². The molecule has 0 aromatic heterocycles. The Bertz CT molecular complexity index is 217. The summed E-state index contributed by atoms with van der Waals surface area (Å²) >= 11 is 0. The Balaban J connectivity index is 2.47. The number of aliphatic hydroxyl groups is 1. The van der Waals surface area contributed by atoms with Crippen molar-refractivity contribution in [1.29, 1.82) is 0 Å². The molecule has 0 fully saturated rings. The van der Waals surface area contributed by atoms with Gasteiger partial charge >= 0.3 is 6.36 Å². The standard InChI is InChI=1S/C7H7F3O2/c8-7(9,10)12-6-3-1-2-5(11)4-6/h1-3,6,11H,4H2. The van der Waals surface area contributed by atoms with Crippen LogP contribution >= 0.6 is 0 Å². The van der Waals surface area contributed by atoms with Gasteiger partial charge in [-0.05, 0) is 6.08 Å². The van der Waals surface area contributed by atoms with Crippen molar-refractivity contribution in [3.05, 3.63) is 24.0 Å². The Morgan fingerprint density at radius 1 is 1.50 bits per heavy atom. The molecule has 0 saturated heterocycles. The number of hydrogen-bond donors (Lipinski definition) is 1. The van der Waals surface area contributed by atoms with Crippen molar-refractivity contribution in [3.8, 4) is 0 Å². The Hall–Kier alpha value is -0.970. The number of alkyl halides is 3. The van der Waals surface area contributed by atoms with Gasteiger partial charge in [-0.1, -0.05) is 12.2 Å². The number of allylic oxidation sites excluding steroid dienone is 2. The van der Waals surface area contributed by atoms with Crippen LogP contribution in [0.1, 0.15) is 6.42 Å². The third-order valence-electron chi connectivity index (χ3n) is 1.31. The van der Waals surface area contributed by atoms with E-state index in [1.54, 1.807) is 0 Å². The lowest BCUT2D eigenvalue weighted by Crippen LogP contribution is -2.23. The first-order valence-electron chi connectivity index (χ1n) is 3.28. The highest BCUT2D eigenvalue weighted by Gasteiger charge is 2.33. The Morgan fingerprint density at radius 2 is 2.17 bits per heavy atom. The van der Waals surface area contributed by atoms with Crippen LogP contribution in [0.2, 0.25) is 0 Å². The molecule has 0 amide bonds. The SMILES string of the molecule is OC1=CC=CC(OC(F)(F)F)C1. The summed E-state index contributed by atoms with van der Waals surface area (Å²) in [5.74, 6) is -0.105. The smallest absolute Gasteiger partial charge is 0.512 e. The lowest BCUT2D eigenvalue weighted by Gasteiger charge is -2.17. The molecule has 1 N–H and O–H groups in total. The normalized spacial score (nSPS) is 23.9. The maximum Gasteiger partial charge on any atom is 0.523 e. The van der Waals surface area contributed by atoms with Gasteiger partial charge in [0.05, 0.1) is 11.9 Å². The van der Waals surface area contributed by atoms with Crippen molar-refractivity contribution in [2.45, 2.75) is 18.9 Å². The molecule has 0 aromatic rings. The minimum atomic E-state index is -4.65. The first-order valence-corrected chi connectivity index (χ1v) is 3.28. The van der Waals surface area contributed by atoms with Crippen molar-refractivity contribution in [3.63, 3.8) is 0 Å². The Morgan fingerprint density at radius 3 is 2.67 bits per heavy atom. The van der Waals surface area contributed by atoms with E-state index in [0.29, 0.717) is 0 Å². The molecule has 5 heteroatoms. The fourth-order valence-electron chi connectivity index (χ4n) is 0.885. The summed E-state index contributed by atoms with van der Waals surface area (Å²) in [4.78, 5) is 0. The fraction of sp³-hybridized carbons (Fsp3) is 0.429. The molecule has 1 aliphatic rings. The van der Waals surface area contributed by atoms with Crippen molar-refractivity contribution < 1.29 is 23.0 Å². The van der Waals surface area contributed by atoms with Crippen LogP contribution in [-0.4, -0.2) is 17.6 Å². The lowest BCUT2D eigenvalue weighted by atomic mass is 10.1. The third kappa shape index (κ3) is 2.96. The highest BCUT2D eigenvalue weighted by molar-refractivity contribution is 5.15. The number of rotatable bonds is 1. The molecule has 0 radical (unpaired) electrons. The lowest BCUT2D eigenvalue weighted by molar-refractivity contribution is -0.336. The first kappa shape index (κ1) is 9.12. The predicted octanol–water partition coefficient (Wildman–Crippen LogP) is 2.29. The molecule has 68 valence electrons. The van der Waals surface area contributed by atoms with Gasteiger partial charge < -0.3 is 5.11 Å². The molecule has 0 spiro atoms. The summed E-state index contributed by atoms with van der Waals surface area (Å²) in [6, 6.07) is 0. The van der Waals surface area contributed by atoms with Crippen molar-refractivity contribution >= 4 is 0 Å². The molecular formula is C7H7F3O2. The zero-order chi connectivity index (χ0) is 9.19. The molecule has 0 aliphatic heterocycles. The first-order chi connectivity index (χ1) is 5.47. The van der Waals surface area contributed by atoms with Crippen LogP contribution in [0.5, 0.6) is 0 Å². The van der Waals surface area contributed by atoms with Gasteiger partial charge in [0.1, 0.15) is 0 Å². The molecular weight excluding hydrogens is 173 g/mol. The average Bonchev–Trinajstić information content (AvgIpc) is 1.82. The molecule has 0 saturated carbocycles. The van der Waals surface area contributed by atoms with E-state index in [9.17, 15) is 13.2 Å². The van der Waals surface area contributed by atoms with Crippen LogP contribution in [0.3, 0.4) is 0 Å². The highest BCUT2D eigenvalue weighted by Crippen LogP contribution is 2.23. The molecule has 1 aliphatic carbocycles. The third-order valence-corrected chi connectivity index (χ3v) is 1.31. The minimum absolute atomic E-state index is 0.105. The van der Waals surface area contributed by atoms with Gasteiger partial charge in [-0.2, -0.15) is 0 Å². The Kier molecular flexibility index (Phi) is 2.42. The number of halogens is 3. The largest absolute Gasteiger partial charge is 0.523 e. The van der Waals surface area contributed by atoms with E-state index < -0.39 is 12.5 Å². The van der Waals surface area contributed by atoms with E-state index in [1.165, 1.54) is 18.2 Å². The topological polar surface area (TPSA) is 29.5 Å². The van der Waals surface area contributed by atoms with Crippen molar-refractivity contribution in [1.82, 2.24) is 0 Å². The summed E-state index contributed by atoms with van der Waals surface area (Å²) in [5.41, 5.74) is 0. The van der Waals surface area contributed by atoms with Crippen LogP contribution in [0.4, 0.5) is 13.2 Å². The van der Waals surface area contributed by atoms with Crippen LogP contribution in [0.25, 0.3) is 0 Å². The summed E-state index contributed by atoms with van der Waals surface area (Å²) in [6.45, 7) is 0. The second-order valence-corrected chi connectivity index (χ2v) is 2.35. The molecule has 1 rings (SSSR count). The van der Waals surface area contributed by atoms with E-state index in [1.807, 2.05) is 0 Å². The van der Waals surface area contributed by atoms with Gasteiger partial charge in [0, 0.05) is 6.42 Å². The monoisotopic (exact) mass is 180 g/mol. The average molecular weight is 180 g/mol. The summed E-state index contributed by atoms with van der Waals surface area (Å²) in [7, 11) is 0. The van der Waals surface area contributed by atoms with Gasteiger partial charge in [-0.25, -0.2) is 0 Å². The number of hydrogen-bond acceptors (Lipinski definition) is 2. The van der Waals surface area contributed by atoms with Gasteiger partial charge in [0.2, 0.25) is 0 Å². The number of aliphatic hydroxyl groups excluding tert-OH is 1. The number of ether oxygens (including phenoxy) is 1. The van der Waals surface area contributed by atoms with Crippen molar-refractivity contribution in [2.24, 2.45) is 0 Å². The highest BCUT2D eigenvalue weighted by atomic mass is 19.4. The molecule has 2 nitrogen and oxygen atoms in total. The maximum atomic E-state index is 11.6. The van der Waals surface area contributed by atoms with Crippen LogP contribution in [0, 0.1) is 0 Å². The van der Waals surface area contributed by atoms with E-state index in [2.05, 4.69) is 4.74 Å². The quantitative estimate of drug-likeness (QED) is 0.670. The van der Waals surface area contributed by atoms with Crippen LogP contribution in [-0.2, 0) is 4.74 Å². The van der Waals surface area contributed by atoms with Gasteiger partial charge in [0.25, 0.3) is 0 Å². The molecule has 0 heterocycles. The molecule has 0 aromatic carbocycles. The predicted molar refractivity (Wildman–Crippen MR) is 35.4 cm³/mol. The van der Waals surface area contributed by atoms with E-state index in [-0.39, 0.29) is 12.2 Å². The zero-order valence-electron chi connectivity index (χ0n) is 6.01. The van der Waals surface area contributed by atoms with Crippen LogP contribution < -0.4 is 0 Å². The van der Waals surface area contributed by atoms with Gasteiger partial charge in [-0.15, -0.1) is 13.2 Å². The molecule has 12 heavy (non-hydrogen) atoms. The van der Waals surface area contributed by atoms with E-state index in [0.717, 1.165) is 0 Å². The van der Waals surface area contributed by atoms with Crippen molar-refractivity contribution in [2.75, 3.05) is 0 Å². The second-order valence-electron chi connectivity index (χ2n) is 2.35. The summed E-state index contributed by atoms with van der Waals surface area (Å²) < 4.78 is 38.5. The second kappa shape index (κ2) is 3.18. The molecule has 1 unspecified atom stereocenters. The van der Waals surface area contributed by atoms with Gasteiger partial charge in [-0.3, -0.25) is 4.74 Å². The van der Waals surface area contributed by atoms with Gasteiger partial charge in [0.15, 0.2) is 0 Å². The maximum absolute atomic E-state index is 11.6. The van der Waals surface area contributed by atoms with Crippen LogP contribution in [0.15, 0.2) is 24.0 Å².